The summed E-state index contributed by atoms with van der Waals surface area (Å²) in [5, 5.41) is 11.1. The van der Waals surface area contributed by atoms with Gasteiger partial charge in [0.2, 0.25) is 0 Å². The number of rotatable bonds is 8. The van der Waals surface area contributed by atoms with Crippen LogP contribution >= 0.6 is 0 Å². The van der Waals surface area contributed by atoms with Crippen LogP contribution in [0.2, 0.25) is 0 Å². The fourth-order valence-corrected chi connectivity index (χ4v) is 3.90. The number of amides is 1. The molecular formula is C25H30N2O5. The van der Waals surface area contributed by atoms with Gasteiger partial charge >= 0.3 is 0 Å². The molecule has 1 fully saturated rings. The molecule has 1 atom stereocenters. The minimum atomic E-state index is -0.724. The van der Waals surface area contributed by atoms with E-state index in [1.165, 1.54) is 12.0 Å². The molecule has 170 valence electrons. The highest BCUT2D eigenvalue weighted by molar-refractivity contribution is 6.46. The van der Waals surface area contributed by atoms with Gasteiger partial charge in [-0.05, 0) is 51.7 Å². The number of aliphatic hydroxyl groups is 1. The van der Waals surface area contributed by atoms with Crippen LogP contribution in [0.5, 0.6) is 11.5 Å². The molecule has 7 heteroatoms. The molecule has 1 amide bonds. The number of ketones is 1. The Bertz CT molecular complexity index is 1030. The summed E-state index contributed by atoms with van der Waals surface area (Å²) < 4.78 is 10.8. The Labute approximate surface area is 188 Å². The largest absolute Gasteiger partial charge is 0.507 e. The van der Waals surface area contributed by atoms with Crippen LogP contribution in [0.4, 0.5) is 0 Å². The van der Waals surface area contributed by atoms with Crippen molar-refractivity contribution in [3.63, 3.8) is 0 Å². The van der Waals surface area contributed by atoms with E-state index in [1.807, 2.05) is 38.1 Å². The number of benzene rings is 2. The number of carbonyl (C=O) groups is 2. The van der Waals surface area contributed by atoms with Crippen LogP contribution in [0.15, 0.2) is 48.0 Å². The van der Waals surface area contributed by atoms with Crippen molar-refractivity contribution in [1.82, 2.24) is 9.80 Å². The van der Waals surface area contributed by atoms with E-state index in [9.17, 15) is 14.7 Å². The number of aliphatic hydroxyl groups excluding tert-OH is 1. The Morgan fingerprint density at radius 2 is 1.69 bits per heavy atom. The average molecular weight is 439 g/mol. The molecule has 1 heterocycles. The molecule has 0 aromatic heterocycles. The van der Waals surface area contributed by atoms with E-state index in [4.69, 9.17) is 9.47 Å². The Morgan fingerprint density at radius 3 is 2.28 bits per heavy atom. The van der Waals surface area contributed by atoms with Crippen LogP contribution in [0.25, 0.3) is 5.76 Å². The highest BCUT2D eigenvalue weighted by Crippen LogP contribution is 2.42. The highest BCUT2D eigenvalue weighted by atomic mass is 16.5. The summed E-state index contributed by atoms with van der Waals surface area (Å²) in [6.45, 7) is 3.09. The Hall–Kier alpha value is -3.32. The summed E-state index contributed by atoms with van der Waals surface area (Å²) >= 11 is 0. The number of ether oxygens (including phenoxy) is 2. The second-order valence-electron chi connectivity index (χ2n) is 8.13. The number of methoxy groups -OCH3 is 2. The third-order valence-electron chi connectivity index (χ3n) is 5.59. The summed E-state index contributed by atoms with van der Waals surface area (Å²) in [7, 11) is 6.98. The van der Waals surface area contributed by atoms with Gasteiger partial charge in [0, 0.05) is 12.1 Å². The molecule has 2 aromatic carbocycles. The predicted octanol–water partition coefficient (Wildman–Crippen LogP) is 3.39. The van der Waals surface area contributed by atoms with Crippen molar-refractivity contribution in [3.05, 3.63) is 64.7 Å². The van der Waals surface area contributed by atoms with E-state index >= 15 is 0 Å². The molecule has 1 unspecified atom stereocenters. The van der Waals surface area contributed by atoms with Gasteiger partial charge in [-0.1, -0.05) is 35.9 Å². The molecule has 0 saturated carbocycles. The second kappa shape index (κ2) is 9.87. The fourth-order valence-electron chi connectivity index (χ4n) is 3.90. The Morgan fingerprint density at radius 1 is 1.03 bits per heavy atom. The van der Waals surface area contributed by atoms with Crippen molar-refractivity contribution in [2.45, 2.75) is 19.4 Å². The number of aryl methyl sites for hydroxylation is 1. The van der Waals surface area contributed by atoms with E-state index in [2.05, 4.69) is 0 Å². The third kappa shape index (κ3) is 4.62. The van der Waals surface area contributed by atoms with Gasteiger partial charge in [-0.25, -0.2) is 0 Å². The summed E-state index contributed by atoms with van der Waals surface area (Å²) in [5.41, 5.74) is 2.27. The van der Waals surface area contributed by atoms with Gasteiger partial charge in [-0.3, -0.25) is 9.59 Å². The molecular weight excluding hydrogens is 408 g/mol. The fraction of sp³-hybridized carbons (Fsp3) is 0.360. The van der Waals surface area contributed by atoms with E-state index in [-0.39, 0.29) is 11.3 Å². The first-order valence-electron chi connectivity index (χ1n) is 10.5. The van der Waals surface area contributed by atoms with E-state index < -0.39 is 17.7 Å². The van der Waals surface area contributed by atoms with Crippen molar-refractivity contribution >= 4 is 17.4 Å². The standard InChI is InChI=1S/C25H30N2O5/c1-16-7-9-17(10-8-16)23(28)21-22(18-11-12-19(31-4)20(15-18)32-5)27(25(30)24(21)29)14-6-13-26(2)3/h7-12,15,22,28H,6,13-14H2,1-5H3/b23-21+. The lowest BCUT2D eigenvalue weighted by Crippen LogP contribution is -2.32. The maximum atomic E-state index is 13.1. The normalized spacial score (nSPS) is 17.8. The lowest BCUT2D eigenvalue weighted by atomic mass is 9.94. The van der Waals surface area contributed by atoms with Crippen LogP contribution in [-0.2, 0) is 9.59 Å². The number of nitrogens with zero attached hydrogens (tertiary/aromatic N) is 2. The predicted molar refractivity (Wildman–Crippen MR) is 123 cm³/mol. The van der Waals surface area contributed by atoms with Crippen LogP contribution in [-0.4, -0.2) is 68.0 Å². The molecule has 1 aliphatic rings. The molecule has 0 bridgehead atoms. The molecule has 1 aliphatic heterocycles. The maximum absolute atomic E-state index is 13.1. The van der Waals surface area contributed by atoms with Crippen LogP contribution in [0, 0.1) is 6.92 Å². The second-order valence-corrected chi connectivity index (χ2v) is 8.13. The minimum Gasteiger partial charge on any atom is -0.507 e. The first kappa shape index (κ1) is 23.3. The molecule has 7 nitrogen and oxygen atoms in total. The van der Waals surface area contributed by atoms with Gasteiger partial charge in [-0.2, -0.15) is 0 Å². The smallest absolute Gasteiger partial charge is 0.295 e. The molecule has 32 heavy (non-hydrogen) atoms. The SMILES string of the molecule is COc1ccc(C2/C(=C(\O)c3ccc(C)cc3)C(=O)C(=O)N2CCCN(C)C)cc1OC. The monoisotopic (exact) mass is 438 g/mol. The van der Waals surface area contributed by atoms with E-state index in [0.717, 1.165) is 12.1 Å². The van der Waals surface area contributed by atoms with Crippen molar-refractivity contribution in [1.29, 1.82) is 0 Å². The summed E-state index contributed by atoms with van der Waals surface area (Å²) in [6, 6.07) is 11.8. The summed E-state index contributed by atoms with van der Waals surface area (Å²) in [5.74, 6) is -0.457. The quantitative estimate of drug-likeness (QED) is 0.387. The molecule has 1 saturated heterocycles. The Kier molecular flexibility index (Phi) is 7.20. The van der Waals surface area contributed by atoms with Crippen molar-refractivity contribution in [3.8, 4) is 11.5 Å². The first-order valence-corrected chi connectivity index (χ1v) is 10.5. The van der Waals surface area contributed by atoms with Crippen molar-refractivity contribution in [2.24, 2.45) is 0 Å². The number of Topliss-reactive ketones (excluding diaryl/α,β-unsaturated/α-hetero) is 1. The molecule has 0 aliphatic carbocycles. The van der Waals surface area contributed by atoms with Crippen LogP contribution in [0.3, 0.4) is 0 Å². The van der Waals surface area contributed by atoms with Gasteiger partial charge in [0.25, 0.3) is 11.7 Å². The van der Waals surface area contributed by atoms with Gasteiger partial charge in [0.1, 0.15) is 5.76 Å². The van der Waals surface area contributed by atoms with Crippen molar-refractivity contribution in [2.75, 3.05) is 41.4 Å². The van der Waals surface area contributed by atoms with Gasteiger partial charge in [-0.15, -0.1) is 0 Å². The highest BCUT2D eigenvalue weighted by Gasteiger charge is 2.46. The topological polar surface area (TPSA) is 79.3 Å². The molecule has 0 radical (unpaired) electrons. The Balaban J connectivity index is 2.13. The van der Waals surface area contributed by atoms with Crippen LogP contribution < -0.4 is 9.47 Å². The number of hydrogen-bond acceptors (Lipinski definition) is 6. The minimum absolute atomic E-state index is 0.0796. The molecule has 3 rings (SSSR count). The lowest BCUT2D eigenvalue weighted by molar-refractivity contribution is -0.139. The number of likely N-dealkylation sites (tertiary alicyclic amines) is 1. The van der Waals surface area contributed by atoms with Gasteiger partial charge in [0.15, 0.2) is 11.5 Å². The average Bonchev–Trinajstić information content (AvgIpc) is 3.03. The van der Waals surface area contributed by atoms with E-state index in [0.29, 0.717) is 35.6 Å². The number of carbonyl (C=O) groups excluding carboxylic acids is 2. The maximum Gasteiger partial charge on any atom is 0.295 e. The van der Waals surface area contributed by atoms with Crippen LogP contribution in [0.1, 0.15) is 29.2 Å². The first-order chi connectivity index (χ1) is 15.3. The van der Waals surface area contributed by atoms with Crippen molar-refractivity contribution < 1.29 is 24.2 Å². The summed E-state index contributed by atoms with van der Waals surface area (Å²) in [4.78, 5) is 29.6. The number of hydrogen-bond donors (Lipinski definition) is 1. The zero-order valence-corrected chi connectivity index (χ0v) is 19.2. The van der Waals surface area contributed by atoms with Gasteiger partial charge < -0.3 is 24.4 Å². The summed E-state index contributed by atoms with van der Waals surface area (Å²) in [6.07, 6.45) is 0.689. The zero-order chi connectivity index (χ0) is 23.4. The zero-order valence-electron chi connectivity index (χ0n) is 19.2. The lowest BCUT2D eigenvalue weighted by Gasteiger charge is -2.26. The third-order valence-corrected chi connectivity index (χ3v) is 5.59. The van der Waals surface area contributed by atoms with E-state index in [1.54, 1.807) is 37.4 Å². The molecule has 0 spiro atoms. The molecule has 1 N–H and O–H groups in total. The van der Waals surface area contributed by atoms with Gasteiger partial charge in [0.05, 0.1) is 25.8 Å². The molecule has 2 aromatic rings.